The molecule has 0 spiro atoms. The maximum absolute atomic E-state index is 14.7. The highest BCUT2D eigenvalue weighted by molar-refractivity contribution is 5.69. The molecule has 4 aliphatic carbocycles. The Labute approximate surface area is 158 Å². The molecular weight excluding hydrogens is 343 g/mol. The summed E-state index contributed by atoms with van der Waals surface area (Å²) in [5, 5.41) is 22.9. The van der Waals surface area contributed by atoms with E-state index in [-0.39, 0.29) is 23.7 Å². The molecular formula is C22H25FN2O2. The molecule has 7 rings (SSSR count). The zero-order valence-electron chi connectivity index (χ0n) is 15.3. The van der Waals surface area contributed by atoms with Crippen molar-refractivity contribution in [2.24, 2.45) is 23.7 Å². The van der Waals surface area contributed by atoms with Crippen molar-refractivity contribution >= 4 is 0 Å². The number of imidazole rings is 1. The van der Waals surface area contributed by atoms with E-state index in [1.54, 1.807) is 18.6 Å². The number of fused-ring (bicyclic) bond motifs is 3. The Morgan fingerprint density at radius 1 is 1.15 bits per heavy atom. The minimum atomic E-state index is -1.03. The van der Waals surface area contributed by atoms with E-state index in [0.717, 1.165) is 48.8 Å². The van der Waals surface area contributed by atoms with Crippen LogP contribution in [0.15, 0.2) is 30.7 Å². The maximum atomic E-state index is 14.7. The van der Waals surface area contributed by atoms with Crippen molar-refractivity contribution in [2.45, 2.75) is 56.3 Å². The van der Waals surface area contributed by atoms with E-state index in [2.05, 4.69) is 4.98 Å². The van der Waals surface area contributed by atoms with E-state index in [9.17, 15) is 14.6 Å². The molecule has 4 fully saturated rings. The van der Waals surface area contributed by atoms with Gasteiger partial charge >= 0.3 is 0 Å². The first-order chi connectivity index (χ1) is 13.1. The molecule has 1 aromatic carbocycles. The van der Waals surface area contributed by atoms with Gasteiger partial charge in [0, 0.05) is 17.5 Å². The average Bonchev–Trinajstić information content (AvgIpc) is 3.22. The number of hydrogen-bond acceptors (Lipinski definition) is 3. The normalized spacial score (nSPS) is 39.4. The average molecular weight is 368 g/mol. The van der Waals surface area contributed by atoms with E-state index < -0.39 is 11.7 Å². The van der Waals surface area contributed by atoms with Gasteiger partial charge in [0.25, 0.3) is 0 Å². The van der Waals surface area contributed by atoms with E-state index >= 15 is 0 Å². The van der Waals surface area contributed by atoms with E-state index in [1.807, 2.05) is 10.6 Å². The smallest absolute Gasteiger partial charge is 0.129 e. The minimum Gasteiger partial charge on any atom is -0.390 e. The fourth-order valence-electron chi connectivity index (χ4n) is 7.11. The summed E-state index contributed by atoms with van der Waals surface area (Å²) in [5.41, 5.74) is 1.34. The largest absolute Gasteiger partial charge is 0.390 e. The van der Waals surface area contributed by atoms with Gasteiger partial charge in [0.1, 0.15) is 5.82 Å². The zero-order chi connectivity index (χ0) is 18.3. The number of halogens is 1. The highest BCUT2D eigenvalue weighted by Gasteiger charge is 2.59. The predicted molar refractivity (Wildman–Crippen MR) is 98.4 cm³/mol. The summed E-state index contributed by atoms with van der Waals surface area (Å²) in [6.45, 7) is 0. The van der Waals surface area contributed by atoms with Crippen LogP contribution >= 0.6 is 0 Å². The summed E-state index contributed by atoms with van der Waals surface area (Å²) in [4.78, 5) is 4.23. The Balaban J connectivity index is 1.36. The van der Waals surface area contributed by atoms with Crippen molar-refractivity contribution in [1.29, 1.82) is 0 Å². The van der Waals surface area contributed by atoms with Gasteiger partial charge < -0.3 is 14.8 Å². The molecule has 4 bridgehead atoms. The summed E-state index contributed by atoms with van der Waals surface area (Å²) in [6.07, 6.45) is 8.39. The van der Waals surface area contributed by atoms with Gasteiger partial charge in [0.05, 0.1) is 36.0 Å². The summed E-state index contributed by atoms with van der Waals surface area (Å²) in [7, 11) is 0. The fourth-order valence-corrected chi connectivity index (χ4v) is 7.11. The van der Waals surface area contributed by atoms with Gasteiger partial charge in [0.2, 0.25) is 0 Å². The van der Waals surface area contributed by atoms with E-state index in [0.29, 0.717) is 12.0 Å². The Hall–Kier alpha value is -1.72. The molecule has 0 amide bonds. The molecule has 2 heterocycles. The van der Waals surface area contributed by atoms with Gasteiger partial charge in [0.15, 0.2) is 0 Å². The third kappa shape index (κ3) is 2.07. The summed E-state index contributed by atoms with van der Waals surface area (Å²) in [6, 6.07) is 4.80. The van der Waals surface area contributed by atoms with Crippen LogP contribution in [0.5, 0.6) is 0 Å². The second-order valence-corrected chi connectivity index (χ2v) is 9.35. The van der Waals surface area contributed by atoms with Crippen LogP contribution in [0.2, 0.25) is 0 Å². The molecule has 1 unspecified atom stereocenters. The molecule has 1 aliphatic heterocycles. The third-order valence-corrected chi connectivity index (χ3v) is 8.09. The molecule has 2 atom stereocenters. The van der Waals surface area contributed by atoms with Crippen LogP contribution in [0.25, 0.3) is 11.3 Å². The number of rotatable bonds is 3. The monoisotopic (exact) mass is 368 g/mol. The number of hydrogen-bond donors (Lipinski definition) is 2. The molecule has 5 aliphatic rings. The zero-order valence-corrected chi connectivity index (χ0v) is 15.3. The Morgan fingerprint density at radius 3 is 2.56 bits per heavy atom. The summed E-state index contributed by atoms with van der Waals surface area (Å²) in [5.74, 6) is 1.58. The molecule has 142 valence electrons. The van der Waals surface area contributed by atoms with E-state index in [4.69, 9.17) is 0 Å². The van der Waals surface area contributed by atoms with Crippen LogP contribution in [0.4, 0.5) is 4.39 Å². The lowest BCUT2D eigenvalue weighted by Gasteiger charge is -2.60. The molecule has 0 saturated heterocycles. The quantitative estimate of drug-likeness (QED) is 0.871. The SMILES string of the molecule is O[C@H](CC1c2c(F)cccc2-c2cncn21)C1(O)C2CC3CC(C2)CC1C3. The first-order valence-electron chi connectivity index (χ1n) is 10.3. The van der Waals surface area contributed by atoms with Crippen LogP contribution in [-0.2, 0) is 0 Å². The number of aliphatic hydroxyl groups excluding tert-OH is 1. The molecule has 2 N–H and O–H groups in total. The van der Waals surface area contributed by atoms with Crippen LogP contribution in [0.1, 0.15) is 50.1 Å². The highest BCUT2D eigenvalue weighted by atomic mass is 19.1. The topological polar surface area (TPSA) is 58.3 Å². The lowest BCUT2D eigenvalue weighted by atomic mass is 9.48. The van der Waals surface area contributed by atoms with Crippen LogP contribution in [-0.4, -0.2) is 31.5 Å². The molecule has 4 saturated carbocycles. The number of benzene rings is 1. The lowest BCUT2D eigenvalue weighted by Crippen LogP contribution is -2.63. The van der Waals surface area contributed by atoms with Crippen molar-refractivity contribution in [3.63, 3.8) is 0 Å². The number of aromatic nitrogens is 2. The van der Waals surface area contributed by atoms with Gasteiger partial charge in [-0.25, -0.2) is 9.37 Å². The Morgan fingerprint density at radius 2 is 1.85 bits per heavy atom. The minimum absolute atomic E-state index is 0.188. The predicted octanol–water partition coefficient (Wildman–Crippen LogP) is 3.53. The van der Waals surface area contributed by atoms with Gasteiger partial charge in [-0.2, -0.15) is 0 Å². The van der Waals surface area contributed by atoms with Gasteiger partial charge in [-0.3, -0.25) is 0 Å². The third-order valence-electron chi connectivity index (χ3n) is 8.09. The second kappa shape index (κ2) is 5.42. The maximum Gasteiger partial charge on any atom is 0.129 e. The first-order valence-corrected chi connectivity index (χ1v) is 10.3. The second-order valence-electron chi connectivity index (χ2n) is 9.35. The van der Waals surface area contributed by atoms with Crippen LogP contribution in [0, 0.1) is 29.5 Å². The van der Waals surface area contributed by atoms with E-state index in [1.165, 1.54) is 12.5 Å². The molecule has 1 aromatic heterocycles. The van der Waals surface area contributed by atoms with Gasteiger partial charge in [-0.1, -0.05) is 12.1 Å². The lowest BCUT2D eigenvalue weighted by molar-refractivity contribution is -0.223. The molecule has 4 nitrogen and oxygen atoms in total. The first kappa shape index (κ1) is 16.3. The van der Waals surface area contributed by atoms with Crippen molar-refractivity contribution in [2.75, 3.05) is 0 Å². The number of aliphatic hydroxyl groups is 2. The molecule has 27 heavy (non-hydrogen) atoms. The van der Waals surface area contributed by atoms with Crippen LogP contribution in [0.3, 0.4) is 0 Å². The summed E-state index contributed by atoms with van der Waals surface area (Å²) < 4.78 is 16.6. The van der Waals surface area contributed by atoms with Gasteiger partial charge in [-0.05, 0) is 61.8 Å². The Kier molecular flexibility index (Phi) is 3.26. The van der Waals surface area contributed by atoms with Crippen molar-refractivity contribution in [1.82, 2.24) is 9.55 Å². The Bertz CT molecular complexity index is 879. The van der Waals surface area contributed by atoms with Crippen molar-refractivity contribution < 1.29 is 14.6 Å². The fraction of sp³-hybridized carbons (Fsp3) is 0.591. The summed E-state index contributed by atoms with van der Waals surface area (Å²) >= 11 is 0. The van der Waals surface area contributed by atoms with Crippen molar-refractivity contribution in [3.8, 4) is 11.3 Å². The van der Waals surface area contributed by atoms with Crippen molar-refractivity contribution in [3.05, 3.63) is 42.1 Å². The number of nitrogens with zero attached hydrogens (tertiary/aromatic N) is 2. The molecule has 5 heteroatoms. The van der Waals surface area contributed by atoms with Gasteiger partial charge in [-0.15, -0.1) is 0 Å². The standard InChI is InChI=1S/C22H25FN2O2/c23-17-3-1-2-16-19-10-24-11-25(19)18(21(16)17)9-20(26)22(27)14-5-12-4-13(7-14)8-15(22)6-12/h1-3,10-15,18,20,26-27H,4-9H2/t12?,13?,14?,15?,18?,20-,22?/m1/s1. The highest BCUT2D eigenvalue weighted by Crippen LogP contribution is 2.60. The van der Waals surface area contributed by atoms with Crippen LogP contribution < -0.4 is 0 Å². The molecule has 0 radical (unpaired) electrons. The molecule has 2 aromatic rings.